The third kappa shape index (κ3) is 1.80. The molecule has 4 rings (SSSR count). The lowest BCUT2D eigenvalue weighted by molar-refractivity contribution is -0.119. The molecule has 1 atom stereocenters. The Bertz CT molecular complexity index is 752. The van der Waals surface area contributed by atoms with Gasteiger partial charge in [-0.15, -0.1) is 0 Å². The fraction of sp³-hybridized carbons (Fsp3) is 0.176. The highest BCUT2D eigenvalue weighted by Gasteiger charge is 2.34. The predicted molar refractivity (Wildman–Crippen MR) is 82.6 cm³/mol. The van der Waals surface area contributed by atoms with Gasteiger partial charge in [0.1, 0.15) is 0 Å². The number of carbonyl (C=O) groups excluding carboxylic acids is 1. The van der Waals surface area contributed by atoms with Crippen molar-refractivity contribution in [1.82, 2.24) is 0 Å². The summed E-state index contributed by atoms with van der Waals surface area (Å²) in [5.74, 6) is -0.118. The minimum absolute atomic E-state index is 0.118. The van der Waals surface area contributed by atoms with E-state index in [0.717, 1.165) is 28.9 Å². The number of nitrogens with two attached hydrogens (primary N) is 1. The maximum Gasteiger partial charge on any atom is 0.266 e. The molecular formula is C17H15N3O. The van der Waals surface area contributed by atoms with E-state index in [1.54, 1.807) is 4.90 Å². The lowest BCUT2D eigenvalue weighted by Gasteiger charge is -2.18. The highest BCUT2D eigenvalue weighted by atomic mass is 16.2. The topological polar surface area (TPSA) is 58.7 Å². The molecule has 2 aliphatic heterocycles. The molecule has 2 aromatic carbocycles. The molecule has 1 amide bonds. The average Bonchev–Trinajstić information content (AvgIpc) is 2.92. The van der Waals surface area contributed by atoms with Gasteiger partial charge >= 0.3 is 0 Å². The SMILES string of the molecule is N[C@H]1N=C(c2ccccc2)c2cccc3c2N(CC3)C1=O. The van der Waals surface area contributed by atoms with Gasteiger partial charge in [-0.3, -0.25) is 9.79 Å². The van der Waals surface area contributed by atoms with E-state index in [4.69, 9.17) is 5.73 Å². The van der Waals surface area contributed by atoms with Crippen LogP contribution in [0.3, 0.4) is 0 Å². The zero-order chi connectivity index (χ0) is 14.4. The Kier molecular flexibility index (Phi) is 2.65. The number of hydrogen-bond donors (Lipinski definition) is 1. The molecule has 0 fully saturated rings. The van der Waals surface area contributed by atoms with E-state index in [1.807, 2.05) is 42.5 Å². The van der Waals surface area contributed by atoms with E-state index in [-0.39, 0.29) is 5.91 Å². The number of aliphatic imine (C=N–C) groups is 1. The number of para-hydroxylation sites is 1. The van der Waals surface area contributed by atoms with Crippen molar-refractivity contribution in [3.05, 3.63) is 65.2 Å². The molecule has 0 radical (unpaired) electrons. The van der Waals surface area contributed by atoms with E-state index in [9.17, 15) is 4.79 Å². The van der Waals surface area contributed by atoms with Gasteiger partial charge in [0.25, 0.3) is 5.91 Å². The molecule has 4 heteroatoms. The summed E-state index contributed by atoms with van der Waals surface area (Å²) >= 11 is 0. The van der Waals surface area contributed by atoms with Gasteiger partial charge in [0, 0.05) is 17.7 Å². The van der Waals surface area contributed by atoms with Gasteiger partial charge in [-0.25, -0.2) is 0 Å². The number of amides is 1. The van der Waals surface area contributed by atoms with Gasteiger partial charge in [-0.2, -0.15) is 0 Å². The van der Waals surface area contributed by atoms with E-state index in [1.165, 1.54) is 5.56 Å². The molecule has 0 spiro atoms. The summed E-state index contributed by atoms with van der Waals surface area (Å²) in [6, 6.07) is 16.0. The van der Waals surface area contributed by atoms with Crippen molar-refractivity contribution in [3.8, 4) is 0 Å². The van der Waals surface area contributed by atoms with Crippen molar-refractivity contribution in [2.24, 2.45) is 10.7 Å². The number of rotatable bonds is 1. The van der Waals surface area contributed by atoms with Crippen LogP contribution in [0.15, 0.2) is 53.5 Å². The summed E-state index contributed by atoms with van der Waals surface area (Å²) in [5.41, 5.74) is 11.0. The lowest BCUT2D eigenvalue weighted by Crippen LogP contribution is -2.41. The minimum atomic E-state index is -0.835. The average molecular weight is 277 g/mol. The smallest absolute Gasteiger partial charge is 0.266 e. The molecule has 0 aliphatic carbocycles. The Morgan fingerprint density at radius 2 is 1.90 bits per heavy atom. The van der Waals surface area contributed by atoms with Crippen LogP contribution in [0.5, 0.6) is 0 Å². The normalized spacial score (nSPS) is 20.0. The standard InChI is InChI=1S/C17H15N3O/c18-16-17(21)20-10-9-12-7-4-8-13(15(12)20)14(19-16)11-5-2-1-3-6-11/h1-8,16H,9-10,18H2/t16-/m0/s1. The largest absolute Gasteiger partial charge is 0.308 e. The minimum Gasteiger partial charge on any atom is -0.308 e. The Balaban J connectivity index is 1.99. The zero-order valence-corrected chi connectivity index (χ0v) is 11.5. The second-order valence-corrected chi connectivity index (χ2v) is 5.34. The van der Waals surface area contributed by atoms with Crippen LogP contribution >= 0.6 is 0 Å². The molecule has 0 aromatic heterocycles. The predicted octanol–water partition coefficient (Wildman–Crippen LogP) is 1.71. The highest BCUT2D eigenvalue weighted by molar-refractivity contribution is 6.20. The number of hydrogen-bond acceptors (Lipinski definition) is 3. The fourth-order valence-electron chi connectivity index (χ4n) is 3.12. The van der Waals surface area contributed by atoms with E-state index < -0.39 is 6.17 Å². The van der Waals surface area contributed by atoms with Crippen molar-refractivity contribution in [2.45, 2.75) is 12.6 Å². The second-order valence-electron chi connectivity index (χ2n) is 5.34. The Hall–Kier alpha value is -2.46. The lowest BCUT2D eigenvalue weighted by atomic mass is 9.98. The summed E-state index contributed by atoms with van der Waals surface area (Å²) in [4.78, 5) is 18.7. The van der Waals surface area contributed by atoms with Crippen LogP contribution < -0.4 is 10.6 Å². The van der Waals surface area contributed by atoms with Crippen molar-refractivity contribution in [3.63, 3.8) is 0 Å². The molecule has 0 saturated heterocycles. The summed E-state index contributed by atoms with van der Waals surface area (Å²) < 4.78 is 0. The molecule has 0 unspecified atom stereocenters. The first-order valence-electron chi connectivity index (χ1n) is 7.08. The molecule has 4 nitrogen and oxygen atoms in total. The van der Waals surface area contributed by atoms with Crippen LogP contribution in [0.1, 0.15) is 16.7 Å². The third-order valence-corrected chi connectivity index (χ3v) is 4.08. The van der Waals surface area contributed by atoms with Crippen LogP contribution in [0.4, 0.5) is 5.69 Å². The maximum atomic E-state index is 12.4. The summed E-state index contributed by atoms with van der Waals surface area (Å²) in [6.45, 7) is 0.691. The zero-order valence-electron chi connectivity index (χ0n) is 11.5. The van der Waals surface area contributed by atoms with Gasteiger partial charge in [0.15, 0.2) is 6.17 Å². The number of benzene rings is 2. The number of carbonyl (C=O) groups is 1. The molecule has 2 heterocycles. The fourth-order valence-corrected chi connectivity index (χ4v) is 3.12. The van der Waals surface area contributed by atoms with E-state index in [2.05, 4.69) is 11.1 Å². The second kappa shape index (κ2) is 4.53. The quantitative estimate of drug-likeness (QED) is 0.862. The van der Waals surface area contributed by atoms with Crippen LogP contribution in [0.2, 0.25) is 0 Å². The summed E-state index contributed by atoms with van der Waals surface area (Å²) in [7, 11) is 0. The molecule has 0 saturated carbocycles. The Labute approximate surface area is 122 Å². The molecule has 2 N–H and O–H groups in total. The first-order chi connectivity index (χ1) is 10.3. The van der Waals surface area contributed by atoms with Crippen LogP contribution in [-0.4, -0.2) is 24.3 Å². The first kappa shape index (κ1) is 12.3. The summed E-state index contributed by atoms with van der Waals surface area (Å²) in [6.07, 6.45) is 0.0440. The van der Waals surface area contributed by atoms with Gasteiger partial charge in [-0.1, -0.05) is 48.5 Å². The van der Waals surface area contributed by atoms with Crippen molar-refractivity contribution >= 4 is 17.3 Å². The van der Waals surface area contributed by atoms with Crippen LogP contribution in [0, 0.1) is 0 Å². The van der Waals surface area contributed by atoms with E-state index >= 15 is 0 Å². The molecule has 104 valence electrons. The third-order valence-electron chi connectivity index (χ3n) is 4.08. The first-order valence-corrected chi connectivity index (χ1v) is 7.08. The molecule has 2 aliphatic rings. The molecule has 2 aromatic rings. The van der Waals surface area contributed by atoms with Gasteiger partial charge in [-0.05, 0) is 12.0 Å². The monoisotopic (exact) mass is 277 g/mol. The number of anilines is 1. The van der Waals surface area contributed by atoms with Crippen molar-refractivity contribution < 1.29 is 4.79 Å². The van der Waals surface area contributed by atoms with Gasteiger partial charge < -0.3 is 10.6 Å². The Morgan fingerprint density at radius 1 is 1.10 bits per heavy atom. The van der Waals surface area contributed by atoms with Gasteiger partial charge in [0.05, 0.1) is 11.4 Å². The maximum absolute atomic E-state index is 12.4. The van der Waals surface area contributed by atoms with Crippen LogP contribution in [-0.2, 0) is 11.2 Å². The molecule has 0 bridgehead atoms. The number of nitrogens with zero attached hydrogens (tertiary/aromatic N) is 2. The molecular weight excluding hydrogens is 262 g/mol. The van der Waals surface area contributed by atoms with Crippen molar-refractivity contribution in [1.29, 1.82) is 0 Å². The van der Waals surface area contributed by atoms with Crippen molar-refractivity contribution in [2.75, 3.05) is 11.4 Å². The Morgan fingerprint density at radius 3 is 2.71 bits per heavy atom. The summed E-state index contributed by atoms with van der Waals surface area (Å²) in [5, 5.41) is 0. The highest BCUT2D eigenvalue weighted by Crippen LogP contribution is 2.35. The van der Waals surface area contributed by atoms with Crippen LogP contribution in [0.25, 0.3) is 0 Å². The van der Waals surface area contributed by atoms with Gasteiger partial charge in [0.2, 0.25) is 0 Å². The van der Waals surface area contributed by atoms with E-state index in [0.29, 0.717) is 6.54 Å². The molecule has 21 heavy (non-hydrogen) atoms.